The van der Waals surface area contributed by atoms with Gasteiger partial charge in [0.2, 0.25) is 5.88 Å². The van der Waals surface area contributed by atoms with Gasteiger partial charge in [0.1, 0.15) is 5.69 Å². The number of hydrogen-bond acceptors (Lipinski definition) is 8. The van der Waals surface area contributed by atoms with Crippen molar-refractivity contribution in [3.8, 4) is 16.5 Å². The molecular weight excluding hydrogens is 354 g/mol. The highest BCUT2D eigenvalue weighted by atomic mass is 32.1. The SMILES string of the molecule is CCOc1cncc(-c2cnc(C(=O)NCCCN3CCOCC3)s2)n1. The first-order valence-electron chi connectivity index (χ1n) is 8.75. The number of aromatic nitrogens is 3. The van der Waals surface area contributed by atoms with E-state index in [1.165, 1.54) is 11.3 Å². The summed E-state index contributed by atoms with van der Waals surface area (Å²) < 4.78 is 10.7. The molecule has 0 atom stereocenters. The molecule has 9 heteroatoms. The summed E-state index contributed by atoms with van der Waals surface area (Å²) in [7, 11) is 0. The quantitative estimate of drug-likeness (QED) is 0.697. The van der Waals surface area contributed by atoms with Crippen LogP contribution in [0.2, 0.25) is 0 Å². The molecule has 3 heterocycles. The Bertz CT molecular complexity index is 718. The van der Waals surface area contributed by atoms with Gasteiger partial charge in [-0.2, -0.15) is 0 Å². The zero-order chi connectivity index (χ0) is 18.2. The first kappa shape index (κ1) is 18.7. The van der Waals surface area contributed by atoms with E-state index in [-0.39, 0.29) is 5.91 Å². The van der Waals surface area contributed by atoms with E-state index in [9.17, 15) is 4.79 Å². The lowest BCUT2D eigenvalue weighted by atomic mass is 10.3. The van der Waals surface area contributed by atoms with Crippen LogP contribution in [0.1, 0.15) is 23.1 Å². The fourth-order valence-corrected chi connectivity index (χ4v) is 3.37. The van der Waals surface area contributed by atoms with Crippen LogP contribution in [0.25, 0.3) is 10.6 Å². The lowest BCUT2D eigenvalue weighted by Gasteiger charge is -2.26. The Kier molecular flexibility index (Phi) is 6.87. The number of rotatable bonds is 8. The molecule has 0 spiro atoms. The Morgan fingerprint density at radius 1 is 1.35 bits per heavy atom. The number of ether oxygens (including phenoxy) is 2. The van der Waals surface area contributed by atoms with E-state index in [1.807, 2.05) is 6.92 Å². The van der Waals surface area contributed by atoms with Crippen LogP contribution in [0.15, 0.2) is 18.6 Å². The van der Waals surface area contributed by atoms with E-state index in [4.69, 9.17) is 9.47 Å². The summed E-state index contributed by atoms with van der Waals surface area (Å²) in [5.74, 6) is 0.310. The van der Waals surface area contributed by atoms with Gasteiger partial charge in [0.25, 0.3) is 5.91 Å². The predicted octanol–water partition coefficient (Wildman–Crippen LogP) is 1.45. The predicted molar refractivity (Wildman–Crippen MR) is 98.5 cm³/mol. The first-order chi connectivity index (χ1) is 12.8. The van der Waals surface area contributed by atoms with Crippen molar-refractivity contribution in [2.24, 2.45) is 0 Å². The zero-order valence-electron chi connectivity index (χ0n) is 14.8. The summed E-state index contributed by atoms with van der Waals surface area (Å²) in [5.41, 5.74) is 0.653. The molecule has 26 heavy (non-hydrogen) atoms. The molecule has 0 aliphatic carbocycles. The average Bonchev–Trinajstić information content (AvgIpc) is 3.17. The molecule has 8 nitrogen and oxygen atoms in total. The van der Waals surface area contributed by atoms with Gasteiger partial charge in [-0.05, 0) is 19.9 Å². The number of carbonyl (C=O) groups excluding carboxylic acids is 1. The van der Waals surface area contributed by atoms with Gasteiger partial charge in [-0.1, -0.05) is 0 Å². The van der Waals surface area contributed by atoms with Gasteiger partial charge < -0.3 is 14.8 Å². The van der Waals surface area contributed by atoms with Crippen molar-refractivity contribution in [3.05, 3.63) is 23.6 Å². The summed E-state index contributed by atoms with van der Waals surface area (Å²) in [4.78, 5) is 28.1. The normalized spacial score (nSPS) is 15.0. The number of carbonyl (C=O) groups is 1. The third kappa shape index (κ3) is 5.20. The Morgan fingerprint density at radius 3 is 3.00 bits per heavy atom. The second-order valence-corrected chi connectivity index (χ2v) is 6.80. The number of nitrogens with one attached hydrogen (secondary N) is 1. The van der Waals surface area contributed by atoms with Crippen molar-refractivity contribution in [2.75, 3.05) is 46.0 Å². The van der Waals surface area contributed by atoms with Crippen LogP contribution in [-0.2, 0) is 4.74 Å². The van der Waals surface area contributed by atoms with E-state index < -0.39 is 0 Å². The molecule has 0 aromatic carbocycles. The lowest BCUT2D eigenvalue weighted by molar-refractivity contribution is 0.0374. The van der Waals surface area contributed by atoms with Gasteiger partial charge in [-0.25, -0.2) is 9.97 Å². The molecule has 1 aliphatic heterocycles. The third-order valence-electron chi connectivity index (χ3n) is 3.90. The van der Waals surface area contributed by atoms with Crippen molar-refractivity contribution in [2.45, 2.75) is 13.3 Å². The highest BCUT2D eigenvalue weighted by Gasteiger charge is 2.14. The summed E-state index contributed by atoms with van der Waals surface area (Å²) in [6.07, 6.45) is 5.76. The van der Waals surface area contributed by atoms with E-state index in [0.717, 1.165) is 44.1 Å². The van der Waals surface area contributed by atoms with Crippen LogP contribution in [-0.4, -0.2) is 71.8 Å². The molecular formula is C17H23N5O3S. The molecule has 2 aromatic heterocycles. The van der Waals surface area contributed by atoms with Crippen LogP contribution >= 0.6 is 11.3 Å². The molecule has 1 fully saturated rings. The molecule has 1 amide bonds. The highest BCUT2D eigenvalue weighted by molar-refractivity contribution is 7.16. The number of nitrogens with zero attached hydrogens (tertiary/aromatic N) is 4. The molecule has 1 saturated heterocycles. The van der Waals surface area contributed by atoms with Crippen molar-refractivity contribution in [1.82, 2.24) is 25.2 Å². The molecule has 3 rings (SSSR count). The van der Waals surface area contributed by atoms with E-state index in [2.05, 4.69) is 25.2 Å². The van der Waals surface area contributed by atoms with Crippen LogP contribution in [0.3, 0.4) is 0 Å². The Balaban J connectivity index is 1.49. The largest absolute Gasteiger partial charge is 0.477 e. The minimum atomic E-state index is -0.155. The highest BCUT2D eigenvalue weighted by Crippen LogP contribution is 2.25. The minimum Gasteiger partial charge on any atom is -0.477 e. The molecule has 1 N–H and O–H groups in total. The maximum atomic E-state index is 12.3. The molecule has 0 bridgehead atoms. The van der Waals surface area contributed by atoms with E-state index in [1.54, 1.807) is 18.6 Å². The topological polar surface area (TPSA) is 89.5 Å². The van der Waals surface area contributed by atoms with Crippen molar-refractivity contribution in [3.63, 3.8) is 0 Å². The maximum absolute atomic E-state index is 12.3. The fourth-order valence-electron chi connectivity index (χ4n) is 2.59. The molecule has 1 aliphatic rings. The van der Waals surface area contributed by atoms with E-state index >= 15 is 0 Å². The second kappa shape index (κ2) is 9.56. The molecule has 0 unspecified atom stereocenters. The van der Waals surface area contributed by atoms with Gasteiger partial charge in [-0.3, -0.25) is 14.7 Å². The molecule has 0 radical (unpaired) electrons. The molecule has 140 valence electrons. The summed E-state index contributed by atoms with van der Waals surface area (Å²) in [5, 5.41) is 3.35. The number of hydrogen-bond donors (Lipinski definition) is 1. The number of thiazole rings is 1. The summed E-state index contributed by atoms with van der Waals surface area (Å²) in [6.45, 7) is 7.53. The van der Waals surface area contributed by atoms with Crippen LogP contribution in [0.4, 0.5) is 0 Å². The number of amides is 1. The van der Waals surface area contributed by atoms with Crippen LogP contribution in [0.5, 0.6) is 5.88 Å². The number of morpholine rings is 1. The zero-order valence-corrected chi connectivity index (χ0v) is 15.6. The standard InChI is InChI=1S/C17H23N5O3S/c1-2-25-15-12-18-10-13(21-15)14-11-20-17(26-14)16(23)19-4-3-5-22-6-8-24-9-7-22/h10-12H,2-9H2,1H3,(H,19,23). The van der Waals surface area contributed by atoms with E-state index in [0.29, 0.717) is 29.7 Å². The van der Waals surface area contributed by atoms with Gasteiger partial charge in [0.15, 0.2) is 5.01 Å². The van der Waals surface area contributed by atoms with Gasteiger partial charge in [-0.15, -0.1) is 11.3 Å². The second-order valence-electron chi connectivity index (χ2n) is 5.77. The minimum absolute atomic E-state index is 0.155. The Morgan fingerprint density at radius 2 is 2.19 bits per heavy atom. The van der Waals surface area contributed by atoms with Crippen LogP contribution in [0, 0.1) is 0 Å². The summed E-state index contributed by atoms with van der Waals surface area (Å²) >= 11 is 1.30. The van der Waals surface area contributed by atoms with Gasteiger partial charge in [0, 0.05) is 25.8 Å². The third-order valence-corrected chi connectivity index (χ3v) is 4.92. The lowest BCUT2D eigenvalue weighted by Crippen LogP contribution is -2.38. The Labute approximate surface area is 156 Å². The first-order valence-corrected chi connectivity index (χ1v) is 9.57. The van der Waals surface area contributed by atoms with Crippen molar-refractivity contribution < 1.29 is 14.3 Å². The Hall–Kier alpha value is -2.10. The average molecular weight is 377 g/mol. The van der Waals surface area contributed by atoms with Crippen LogP contribution < -0.4 is 10.1 Å². The molecule has 2 aromatic rings. The monoisotopic (exact) mass is 377 g/mol. The van der Waals surface area contributed by atoms with Crippen molar-refractivity contribution >= 4 is 17.2 Å². The summed E-state index contributed by atoms with van der Waals surface area (Å²) in [6, 6.07) is 0. The van der Waals surface area contributed by atoms with Crippen molar-refractivity contribution in [1.29, 1.82) is 0 Å². The fraction of sp³-hybridized carbons (Fsp3) is 0.529. The van der Waals surface area contributed by atoms with Gasteiger partial charge in [0.05, 0.1) is 37.1 Å². The maximum Gasteiger partial charge on any atom is 0.280 e. The van der Waals surface area contributed by atoms with Gasteiger partial charge >= 0.3 is 0 Å². The molecule has 0 saturated carbocycles. The smallest absolute Gasteiger partial charge is 0.280 e.